The van der Waals surface area contributed by atoms with E-state index >= 15 is 0 Å². The lowest BCUT2D eigenvalue weighted by Crippen LogP contribution is -2.31. The van der Waals surface area contributed by atoms with Gasteiger partial charge < -0.3 is 19.7 Å². The van der Waals surface area contributed by atoms with E-state index in [9.17, 15) is 5.11 Å². The summed E-state index contributed by atoms with van der Waals surface area (Å²) in [5.74, 6) is 1.18. The van der Waals surface area contributed by atoms with Gasteiger partial charge in [-0.05, 0) is 32.6 Å². The van der Waals surface area contributed by atoms with Crippen molar-refractivity contribution >= 4 is 0 Å². The Morgan fingerprint density at radius 3 is 3.00 bits per heavy atom. The van der Waals surface area contributed by atoms with Crippen molar-refractivity contribution in [2.24, 2.45) is 0 Å². The Labute approximate surface area is 106 Å². The van der Waals surface area contributed by atoms with E-state index in [1.165, 1.54) is 0 Å². The standard InChI is InChI=1S/C12H19N3O3/c1-12(4-2-3-5-17-12)11-14-10(18-15-11)9-6-8(16)7-13-9/h8-9,13,16H,2-7H2,1H3/t8-,9+,12?/m0/s1. The number of rotatable bonds is 2. The smallest absolute Gasteiger partial charge is 0.243 e. The van der Waals surface area contributed by atoms with E-state index in [0.717, 1.165) is 25.9 Å². The molecule has 2 aliphatic heterocycles. The first-order valence-corrected chi connectivity index (χ1v) is 6.57. The topological polar surface area (TPSA) is 80.4 Å². The summed E-state index contributed by atoms with van der Waals surface area (Å²) in [5, 5.41) is 16.7. The predicted octanol–water partition coefficient (Wildman–Crippen LogP) is 0.881. The fraction of sp³-hybridized carbons (Fsp3) is 0.833. The van der Waals surface area contributed by atoms with Crippen molar-refractivity contribution in [3.8, 4) is 0 Å². The van der Waals surface area contributed by atoms with E-state index in [1.807, 2.05) is 6.92 Å². The first-order chi connectivity index (χ1) is 8.67. The molecule has 3 rings (SSSR count). The monoisotopic (exact) mass is 253 g/mol. The van der Waals surface area contributed by atoms with Gasteiger partial charge in [0.1, 0.15) is 5.60 Å². The Kier molecular flexibility index (Phi) is 3.09. The van der Waals surface area contributed by atoms with Gasteiger partial charge in [-0.3, -0.25) is 0 Å². The summed E-state index contributed by atoms with van der Waals surface area (Å²) in [6.45, 7) is 3.34. The minimum Gasteiger partial charge on any atom is -0.392 e. The summed E-state index contributed by atoms with van der Waals surface area (Å²) in [5.41, 5.74) is -0.419. The van der Waals surface area contributed by atoms with Crippen LogP contribution in [-0.2, 0) is 10.3 Å². The van der Waals surface area contributed by atoms with Crippen LogP contribution >= 0.6 is 0 Å². The lowest BCUT2D eigenvalue weighted by Gasteiger charge is -2.30. The van der Waals surface area contributed by atoms with Gasteiger partial charge in [0, 0.05) is 13.2 Å². The van der Waals surface area contributed by atoms with Crippen LogP contribution in [0.1, 0.15) is 50.4 Å². The molecule has 6 heteroatoms. The third-order valence-corrected chi connectivity index (χ3v) is 3.79. The Bertz CT molecular complexity index is 414. The molecule has 2 aliphatic rings. The molecule has 0 radical (unpaired) electrons. The first-order valence-electron chi connectivity index (χ1n) is 6.57. The van der Waals surface area contributed by atoms with E-state index in [1.54, 1.807) is 0 Å². The minimum atomic E-state index is -0.419. The Balaban J connectivity index is 1.76. The van der Waals surface area contributed by atoms with Gasteiger partial charge in [0.25, 0.3) is 0 Å². The van der Waals surface area contributed by atoms with Gasteiger partial charge in [0.2, 0.25) is 11.7 Å². The molecule has 0 saturated carbocycles. The fourth-order valence-corrected chi connectivity index (χ4v) is 2.61. The molecule has 0 aliphatic carbocycles. The Hall–Kier alpha value is -0.980. The largest absolute Gasteiger partial charge is 0.392 e. The molecular formula is C12H19N3O3. The normalized spacial score (nSPS) is 37.0. The van der Waals surface area contributed by atoms with Crippen LogP contribution in [0, 0.1) is 0 Å². The number of ether oxygens (including phenoxy) is 1. The van der Waals surface area contributed by atoms with Crippen LogP contribution in [0.2, 0.25) is 0 Å². The van der Waals surface area contributed by atoms with E-state index < -0.39 is 5.60 Å². The summed E-state index contributed by atoms with van der Waals surface area (Å²) >= 11 is 0. The average Bonchev–Trinajstić information content (AvgIpc) is 2.98. The maximum Gasteiger partial charge on any atom is 0.243 e. The molecule has 2 saturated heterocycles. The highest BCUT2D eigenvalue weighted by atomic mass is 16.5. The van der Waals surface area contributed by atoms with Crippen molar-refractivity contribution in [3.05, 3.63) is 11.7 Å². The third-order valence-electron chi connectivity index (χ3n) is 3.79. The number of nitrogens with one attached hydrogen (secondary N) is 1. The molecule has 3 atom stereocenters. The SMILES string of the molecule is CC1(c2noc([C@H]3C[C@H](O)CN3)n2)CCCCO1. The van der Waals surface area contributed by atoms with Crippen molar-refractivity contribution in [2.45, 2.75) is 50.4 Å². The lowest BCUT2D eigenvalue weighted by atomic mass is 9.95. The quantitative estimate of drug-likeness (QED) is 0.814. The number of nitrogens with zero attached hydrogens (tertiary/aromatic N) is 2. The highest BCUT2D eigenvalue weighted by Gasteiger charge is 2.36. The number of aliphatic hydroxyl groups is 1. The molecule has 1 aromatic heterocycles. The molecule has 100 valence electrons. The average molecular weight is 253 g/mol. The van der Waals surface area contributed by atoms with Crippen molar-refractivity contribution < 1.29 is 14.4 Å². The second kappa shape index (κ2) is 4.60. The second-order valence-electron chi connectivity index (χ2n) is 5.34. The van der Waals surface area contributed by atoms with E-state index in [-0.39, 0.29) is 12.1 Å². The molecule has 3 heterocycles. The van der Waals surface area contributed by atoms with Gasteiger partial charge in [-0.1, -0.05) is 5.16 Å². The maximum atomic E-state index is 9.49. The van der Waals surface area contributed by atoms with Crippen LogP contribution in [0.3, 0.4) is 0 Å². The lowest BCUT2D eigenvalue weighted by molar-refractivity contribution is -0.0770. The number of aliphatic hydroxyl groups excluding tert-OH is 1. The van der Waals surface area contributed by atoms with Crippen LogP contribution in [0.4, 0.5) is 0 Å². The van der Waals surface area contributed by atoms with Gasteiger partial charge in [0.05, 0.1) is 12.1 Å². The maximum absolute atomic E-state index is 9.49. The molecule has 0 aromatic carbocycles. The van der Waals surface area contributed by atoms with Gasteiger partial charge in [-0.2, -0.15) is 4.98 Å². The van der Waals surface area contributed by atoms with Gasteiger partial charge in [0.15, 0.2) is 0 Å². The summed E-state index contributed by atoms with van der Waals surface area (Å²) in [6.07, 6.45) is 3.44. The Morgan fingerprint density at radius 1 is 1.44 bits per heavy atom. The number of β-amino-alcohol motifs (C(OH)–C–C–N with tert-alkyl or cyclic N) is 1. The molecule has 1 aromatic rings. The fourth-order valence-electron chi connectivity index (χ4n) is 2.61. The van der Waals surface area contributed by atoms with Crippen LogP contribution in [0.15, 0.2) is 4.52 Å². The molecule has 0 amide bonds. The predicted molar refractivity (Wildman–Crippen MR) is 62.8 cm³/mol. The minimum absolute atomic E-state index is 0.0339. The van der Waals surface area contributed by atoms with E-state index in [2.05, 4.69) is 15.5 Å². The zero-order valence-corrected chi connectivity index (χ0v) is 10.6. The number of aromatic nitrogens is 2. The third kappa shape index (κ3) is 2.15. The molecule has 2 N–H and O–H groups in total. The summed E-state index contributed by atoms with van der Waals surface area (Å²) in [4.78, 5) is 4.45. The van der Waals surface area contributed by atoms with Crippen LogP contribution in [-0.4, -0.2) is 34.5 Å². The second-order valence-corrected chi connectivity index (χ2v) is 5.34. The summed E-state index contributed by atoms with van der Waals surface area (Å²) in [7, 11) is 0. The first kappa shape index (κ1) is 12.1. The molecular weight excluding hydrogens is 234 g/mol. The van der Waals surface area contributed by atoms with Gasteiger partial charge in [-0.15, -0.1) is 0 Å². The van der Waals surface area contributed by atoms with Crippen molar-refractivity contribution in [1.29, 1.82) is 0 Å². The summed E-state index contributed by atoms with van der Waals surface area (Å²) < 4.78 is 11.1. The van der Waals surface area contributed by atoms with Crippen LogP contribution in [0.25, 0.3) is 0 Å². The molecule has 18 heavy (non-hydrogen) atoms. The van der Waals surface area contributed by atoms with Crippen molar-refractivity contribution in [3.63, 3.8) is 0 Å². The Morgan fingerprint density at radius 2 is 2.33 bits per heavy atom. The van der Waals surface area contributed by atoms with Crippen molar-refractivity contribution in [1.82, 2.24) is 15.5 Å². The number of hydrogen-bond acceptors (Lipinski definition) is 6. The molecule has 0 spiro atoms. The molecule has 0 bridgehead atoms. The highest BCUT2D eigenvalue weighted by Crippen LogP contribution is 2.33. The molecule has 6 nitrogen and oxygen atoms in total. The van der Waals surface area contributed by atoms with Crippen molar-refractivity contribution in [2.75, 3.05) is 13.2 Å². The molecule has 2 fully saturated rings. The van der Waals surface area contributed by atoms with E-state index in [4.69, 9.17) is 9.26 Å². The zero-order chi connectivity index (χ0) is 12.6. The van der Waals surface area contributed by atoms with E-state index in [0.29, 0.717) is 24.7 Å². The van der Waals surface area contributed by atoms with Gasteiger partial charge in [-0.25, -0.2) is 0 Å². The van der Waals surface area contributed by atoms with Crippen LogP contribution in [0.5, 0.6) is 0 Å². The zero-order valence-electron chi connectivity index (χ0n) is 10.6. The van der Waals surface area contributed by atoms with Gasteiger partial charge >= 0.3 is 0 Å². The highest BCUT2D eigenvalue weighted by molar-refractivity contribution is 5.04. The summed E-state index contributed by atoms with van der Waals surface area (Å²) in [6, 6.07) is -0.0339. The van der Waals surface area contributed by atoms with Crippen LogP contribution < -0.4 is 5.32 Å². The molecule has 1 unspecified atom stereocenters. The number of hydrogen-bond donors (Lipinski definition) is 2.